The molecule has 0 fully saturated rings. The van der Waals surface area contributed by atoms with E-state index in [1.165, 1.54) is 0 Å². The first kappa shape index (κ1) is 8.89. The molecule has 0 spiro atoms. The largest absolute Gasteiger partial charge is 0.378 e. The third-order valence-corrected chi connectivity index (χ3v) is 1.26. The van der Waals surface area contributed by atoms with Gasteiger partial charge in [-0.2, -0.15) is 0 Å². The number of nitrogens with one attached hydrogen (secondary N) is 1. The Hall–Kier alpha value is -1.20. The van der Waals surface area contributed by atoms with Crippen LogP contribution >= 0.6 is 12.2 Å². The molecule has 0 bridgehead atoms. The predicted molar refractivity (Wildman–Crippen MR) is 48.9 cm³/mol. The number of thiocarbonyl (C=S) groups is 1. The van der Waals surface area contributed by atoms with Crippen LogP contribution in [0.25, 0.3) is 0 Å². The van der Waals surface area contributed by atoms with E-state index in [2.05, 4.69) is 27.5 Å². The minimum atomic E-state index is -0.0149. The summed E-state index contributed by atoms with van der Waals surface area (Å²) < 4.78 is 0. The molecule has 0 atom stereocenters. The van der Waals surface area contributed by atoms with Gasteiger partial charge in [-0.05, 0) is 23.8 Å². The van der Waals surface area contributed by atoms with Crippen LogP contribution in [0.5, 0.6) is 0 Å². The van der Waals surface area contributed by atoms with Crippen LogP contribution in [-0.2, 0) is 11.4 Å². The van der Waals surface area contributed by atoms with Gasteiger partial charge in [0.2, 0.25) is 0 Å². The fraction of sp³-hybridized carbons (Fsp3) is 0.143. The molecule has 0 saturated carbocycles. The lowest BCUT2D eigenvalue weighted by Crippen LogP contribution is -2.23. The van der Waals surface area contributed by atoms with E-state index < -0.39 is 0 Å². The zero-order valence-corrected chi connectivity index (χ0v) is 7.17. The van der Waals surface area contributed by atoms with Gasteiger partial charge in [-0.25, -0.2) is 0 Å². The van der Waals surface area contributed by atoms with Crippen LogP contribution in [0.2, 0.25) is 0 Å². The molecule has 0 radical (unpaired) electrons. The number of hydrogen-bond acceptors (Lipinski definition) is 4. The third kappa shape index (κ3) is 3.27. The lowest BCUT2D eigenvalue weighted by molar-refractivity contribution is 0.179. The molecule has 1 rings (SSSR count). The van der Waals surface area contributed by atoms with Gasteiger partial charge in [0.25, 0.3) is 5.17 Å². The summed E-state index contributed by atoms with van der Waals surface area (Å²) in [6.45, 7) is 0.533. The summed E-state index contributed by atoms with van der Waals surface area (Å²) in [5.41, 5.74) is 8.69. The normalized spacial score (nSPS) is 9.33. The summed E-state index contributed by atoms with van der Waals surface area (Å²) in [7, 11) is 0. The van der Waals surface area contributed by atoms with Gasteiger partial charge < -0.3 is 10.6 Å². The summed E-state index contributed by atoms with van der Waals surface area (Å²) >= 11 is 4.49. The molecule has 0 aliphatic carbocycles. The SMILES string of the molecule is NC(=S)ONCc1cccnc1. The van der Waals surface area contributed by atoms with Crippen LogP contribution in [0, 0.1) is 0 Å². The second kappa shape index (κ2) is 4.63. The van der Waals surface area contributed by atoms with E-state index in [0.29, 0.717) is 6.54 Å². The summed E-state index contributed by atoms with van der Waals surface area (Å²) in [6, 6.07) is 3.76. The maximum atomic E-state index is 5.09. The number of nitrogens with two attached hydrogens (primary N) is 1. The number of aromatic nitrogens is 1. The molecule has 12 heavy (non-hydrogen) atoms. The zero-order chi connectivity index (χ0) is 8.81. The van der Waals surface area contributed by atoms with Crippen molar-refractivity contribution in [3.8, 4) is 0 Å². The van der Waals surface area contributed by atoms with E-state index in [1.54, 1.807) is 12.4 Å². The lowest BCUT2D eigenvalue weighted by atomic mass is 10.3. The van der Waals surface area contributed by atoms with Gasteiger partial charge in [0, 0.05) is 12.4 Å². The number of rotatable bonds is 3. The number of pyridine rings is 1. The van der Waals surface area contributed by atoms with Crippen molar-refractivity contribution in [3.05, 3.63) is 30.1 Å². The second-order valence-corrected chi connectivity index (χ2v) is 2.51. The molecule has 4 nitrogen and oxygen atoms in total. The maximum absolute atomic E-state index is 5.09. The number of hydrogen-bond donors (Lipinski definition) is 2. The van der Waals surface area contributed by atoms with Crippen molar-refractivity contribution in [2.24, 2.45) is 5.73 Å². The van der Waals surface area contributed by atoms with Crippen molar-refractivity contribution in [2.45, 2.75) is 6.54 Å². The summed E-state index contributed by atoms with van der Waals surface area (Å²) in [6.07, 6.45) is 3.44. The van der Waals surface area contributed by atoms with Crippen molar-refractivity contribution in [1.29, 1.82) is 0 Å². The molecule has 0 amide bonds. The molecule has 64 valence electrons. The number of nitrogens with zero attached hydrogens (tertiary/aromatic N) is 1. The fourth-order valence-electron chi connectivity index (χ4n) is 0.693. The van der Waals surface area contributed by atoms with Crippen LogP contribution in [-0.4, -0.2) is 10.2 Å². The highest BCUT2D eigenvalue weighted by Crippen LogP contribution is 1.93. The fourth-order valence-corrected chi connectivity index (χ4v) is 0.752. The zero-order valence-electron chi connectivity index (χ0n) is 6.36. The molecule has 0 aromatic carbocycles. The minimum absolute atomic E-state index is 0.0149. The van der Waals surface area contributed by atoms with Crippen LogP contribution in [0.1, 0.15) is 5.56 Å². The highest BCUT2D eigenvalue weighted by Gasteiger charge is 1.91. The van der Waals surface area contributed by atoms with Gasteiger partial charge in [0.1, 0.15) is 0 Å². The highest BCUT2D eigenvalue weighted by atomic mass is 32.1. The third-order valence-electron chi connectivity index (χ3n) is 1.17. The molecule has 0 unspecified atom stereocenters. The molecule has 3 N–H and O–H groups in total. The summed E-state index contributed by atoms with van der Waals surface area (Å²) in [4.78, 5) is 8.60. The quantitative estimate of drug-likeness (QED) is 0.523. The molecule has 0 aliphatic rings. The first-order valence-corrected chi connectivity index (χ1v) is 3.78. The second-order valence-electron chi connectivity index (χ2n) is 2.10. The molecule has 1 aromatic rings. The Labute approximate surface area is 75.7 Å². The molecular weight excluding hydrogens is 174 g/mol. The Kier molecular flexibility index (Phi) is 3.43. The van der Waals surface area contributed by atoms with E-state index >= 15 is 0 Å². The van der Waals surface area contributed by atoms with E-state index in [1.807, 2.05) is 12.1 Å². The Balaban J connectivity index is 2.29. The topological polar surface area (TPSA) is 60.2 Å². The van der Waals surface area contributed by atoms with Crippen molar-refractivity contribution in [3.63, 3.8) is 0 Å². The van der Waals surface area contributed by atoms with E-state index in [-0.39, 0.29) is 5.17 Å². The van der Waals surface area contributed by atoms with Crippen LogP contribution in [0.15, 0.2) is 24.5 Å². The number of hydroxylamine groups is 1. The molecular formula is C7H9N3OS. The van der Waals surface area contributed by atoms with E-state index in [0.717, 1.165) is 5.56 Å². The van der Waals surface area contributed by atoms with Gasteiger partial charge in [-0.15, -0.1) is 5.48 Å². The van der Waals surface area contributed by atoms with Gasteiger partial charge >= 0.3 is 0 Å². The smallest absolute Gasteiger partial charge is 0.275 e. The van der Waals surface area contributed by atoms with E-state index in [4.69, 9.17) is 5.73 Å². The van der Waals surface area contributed by atoms with Crippen LogP contribution in [0.4, 0.5) is 0 Å². The van der Waals surface area contributed by atoms with Gasteiger partial charge in [-0.3, -0.25) is 4.98 Å². The van der Waals surface area contributed by atoms with Crippen molar-refractivity contribution in [2.75, 3.05) is 0 Å². The van der Waals surface area contributed by atoms with Gasteiger partial charge in [-0.1, -0.05) is 6.07 Å². The molecule has 1 heterocycles. The Bertz CT molecular complexity index is 252. The lowest BCUT2D eigenvalue weighted by Gasteiger charge is -2.03. The first-order chi connectivity index (χ1) is 5.79. The average molecular weight is 183 g/mol. The molecule has 1 aromatic heterocycles. The first-order valence-electron chi connectivity index (χ1n) is 3.37. The van der Waals surface area contributed by atoms with Gasteiger partial charge in [0.15, 0.2) is 0 Å². The van der Waals surface area contributed by atoms with Crippen molar-refractivity contribution in [1.82, 2.24) is 10.5 Å². The monoisotopic (exact) mass is 183 g/mol. The molecule has 5 heteroatoms. The Morgan fingerprint density at radius 2 is 2.58 bits per heavy atom. The van der Waals surface area contributed by atoms with Gasteiger partial charge in [0.05, 0.1) is 6.54 Å². The minimum Gasteiger partial charge on any atom is -0.378 e. The van der Waals surface area contributed by atoms with Crippen LogP contribution in [0.3, 0.4) is 0 Å². The highest BCUT2D eigenvalue weighted by molar-refractivity contribution is 7.79. The van der Waals surface area contributed by atoms with Crippen molar-refractivity contribution < 1.29 is 4.84 Å². The Morgan fingerprint density at radius 3 is 3.17 bits per heavy atom. The standard InChI is InChI=1S/C7H9N3OS/c8-7(12)11-10-5-6-2-1-3-9-4-6/h1-4,10H,5H2,(H2,8,12). The Morgan fingerprint density at radius 1 is 1.75 bits per heavy atom. The summed E-state index contributed by atoms with van der Waals surface area (Å²) in [5.74, 6) is 0. The predicted octanol–water partition coefficient (Wildman–Crippen LogP) is 0.346. The van der Waals surface area contributed by atoms with E-state index in [9.17, 15) is 0 Å². The molecule has 0 saturated heterocycles. The maximum Gasteiger partial charge on any atom is 0.275 e. The van der Waals surface area contributed by atoms with Crippen molar-refractivity contribution >= 4 is 17.4 Å². The average Bonchev–Trinajstić information content (AvgIpc) is 2.05. The molecule has 0 aliphatic heterocycles. The summed E-state index contributed by atoms with van der Waals surface area (Å²) in [5, 5.41) is -0.0149. The van der Waals surface area contributed by atoms with Crippen LogP contribution < -0.4 is 11.2 Å².